The Morgan fingerprint density at radius 1 is 1.11 bits per heavy atom. The summed E-state index contributed by atoms with van der Waals surface area (Å²) in [5.41, 5.74) is 2.09. The standard InChI is InChI=1S/C20H23N3O2S.ClH/c1-25-17-4-2-15(3-5-17)18-14-16-6-13-26-19(16)20(21-18)23-9-7-22(8-10-23)11-12-24;/h2-6,13-14,24H,7-12H2,1H3;1H. The van der Waals surface area contributed by atoms with Crippen LogP contribution in [0.5, 0.6) is 5.75 Å². The normalized spacial score (nSPS) is 15.0. The van der Waals surface area contributed by atoms with Crippen LogP contribution in [-0.2, 0) is 0 Å². The first-order chi connectivity index (χ1) is 12.8. The van der Waals surface area contributed by atoms with Gasteiger partial charge in [0.1, 0.15) is 11.6 Å². The van der Waals surface area contributed by atoms with Gasteiger partial charge in [-0.15, -0.1) is 23.7 Å². The minimum absolute atomic E-state index is 0. The van der Waals surface area contributed by atoms with Gasteiger partial charge in [0.05, 0.1) is 24.1 Å². The van der Waals surface area contributed by atoms with Crippen molar-refractivity contribution in [2.75, 3.05) is 51.3 Å². The predicted molar refractivity (Wildman–Crippen MR) is 115 cm³/mol. The Bertz CT molecular complexity index is 877. The van der Waals surface area contributed by atoms with E-state index in [1.807, 2.05) is 12.1 Å². The Kier molecular flexibility index (Phi) is 6.55. The first kappa shape index (κ1) is 19.9. The van der Waals surface area contributed by atoms with Gasteiger partial charge in [-0.05, 0) is 47.2 Å². The van der Waals surface area contributed by atoms with Crippen LogP contribution in [0.2, 0.25) is 0 Å². The van der Waals surface area contributed by atoms with Gasteiger partial charge in [0.25, 0.3) is 0 Å². The second-order valence-electron chi connectivity index (χ2n) is 6.45. The first-order valence-corrected chi connectivity index (χ1v) is 9.77. The minimum atomic E-state index is 0. The molecule has 1 aliphatic heterocycles. The molecule has 3 heterocycles. The Hall–Kier alpha value is -1.86. The summed E-state index contributed by atoms with van der Waals surface area (Å²) in [6.45, 7) is 4.77. The van der Waals surface area contributed by atoms with Crippen LogP contribution in [0.4, 0.5) is 5.82 Å². The van der Waals surface area contributed by atoms with E-state index in [1.54, 1.807) is 18.4 Å². The molecule has 144 valence electrons. The number of thiophene rings is 1. The fraction of sp³-hybridized carbons (Fsp3) is 0.350. The van der Waals surface area contributed by atoms with Crippen LogP contribution in [0.25, 0.3) is 21.3 Å². The van der Waals surface area contributed by atoms with Crippen molar-refractivity contribution in [1.82, 2.24) is 9.88 Å². The monoisotopic (exact) mass is 405 g/mol. The van der Waals surface area contributed by atoms with E-state index in [0.717, 1.165) is 55.5 Å². The average molecular weight is 406 g/mol. The van der Waals surface area contributed by atoms with Crippen molar-refractivity contribution in [2.24, 2.45) is 0 Å². The highest BCUT2D eigenvalue weighted by Gasteiger charge is 2.21. The molecule has 2 aromatic heterocycles. The zero-order valence-corrected chi connectivity index (χ0v) is 16.9. The van der Waals surface area contributed by atoms with Crippen LogP contribution in [0.15, 0.2) is 41.8 Å². The molecule has 0 radical (unpaired) electrons. The fourth-order valence-electron chi connectivity index (χ4n) is 3.41. The topological polar surface area (TPSA) is 48.8 Å². The maximum atomic E-state index is 9.14. The van der Waals surface area contributed by atoms with E-state index in [-0.39, 0.29) is 19.0 Å². The molecule has 0 saturated carbocycles. The lowest BCUT2D eigenvalue weighted by atomic mass is 10.1. The molecule has 7 heteroatoms. The van der Waals surface area contributed by atoms with Gasteiger partial charge in [0, 0.05) is 38.3 Å². The van der Waals surface area contributed by atoms with Crippen molar-refractivity contribution in [1.29, 1.82) is 0 Å². The number of aliphatic hydroxyl groups is 1. The highest BCUT2D eigenvalue weighted by Crippen LogP contribution is 2.34. The van der Waals surface area contributed by atoms with E-state index in [4.69, 9.17) is 14.8 Å². The molecule has 4 rings (SSSR count). The summed E-state index contributed by atoms with van der Waals surface area (Å²) in [5.74, 6) is 1.93. The van der Waals surface area contributed by atoms with Gasteiger partial charge in [-0.3, -0.25) is 4.90 Å². The summed E-state index contributed by atoms with van der Waals surface area (Å²) in [4.78, 5) is 9.70. The third-order valence-electron chi connectivity index (χ3n) is 4.89. The van der Waals surface area contributed by atoms with Crippen LogP contribution in [0.3, 0.4) is 0 Å². The SMILES string of the molecule is COc1ccc(-c2cc3ccsc3c(N3CCN(CCO)CC3)n2)cc1.Cl. The molecular weight excluding hydrogens is 382 g/mol. The summed E-state index contributed by atoms with van der Waals surface area (Å²) in [6.07, 6.45) is 0. The molecule has 0 spiro atoms. The van der Waals surface area contributed by atoms with Gasteiger partial charge < -0.3 is 14.7 Å². The molecule has 1 saturated heterocycles. The Morgan fingerprint density at radius 2 is 1.85 bits per heavy atom. The predicted octanol–water partition coefficient (Wildman–Crippen LogP) is 3.51. The summed E-state index contributed by atoms with van der Waals surface area (Å²) in [5, 5.41) is 12.5. The van der Waals surface area contributed by atoms with E-state index in [0.29, 0.717) is 0 Å². The molecule has 5 nitrogen and oxygen atoms in total. The number of methoxy groups -OCH3 is 1. The van der Waals surface area contributed by atoms with Crippen LogP contribution in [0.1, 0.15) is 0 Å². The maximum Gasteiger partial charge on any atom is 0.147 e. The molecule has 0 amide bonds. The smallest absolute Gasteiger partial charge is 0.147 e. The van der Waals surface area contributed by atoms with E-state index in [9.17, 15) is 0 Å². The second-order valence-corrected chi connectivity index (χ2v) is 7.37. The largest absolute Gasteiger partial charge is 0.497 e. The van der Waals surface area contributed by atoms with Crippen LogP contribution in [0, 0.1) is 0 Å². The van der Waals surface area contributed by atoms with Crippen LogP contribution < -0.4 is 9.64 Å². The fourth-order valence-corrected chi connectivity index (χ4v) is 4.30. The van der Waals surface area contributed by atoms with E-state index in [1.165, 1.54) is 10.1 Å². The average Bonchev–Trinajstić information content (AvgIpc) is 3.17. The molecule has 1 aliphatic rings. The van der Waals surface area contributed by atoms with Gasteiger partial charge in [-0.2, -0.15) is 0 Å². The summed E-state index contributed by atoms with van der Waals surface area (Å²) in [6, 6.07) is 12.4. The number of piperazine rings is 1. The third-order valence-corrected chi connectivity index (χ3v) is 5.82. The third kappa shape index (κ3) is 4.19. The van der Waals surface area contributed by atoms with Crippen molar-refractivity contribution in [3.05, 3.63) is 41.8 Å². The Labute approximate surface area is 169 Å². The summed E-state index contributed by atoms with van der Waals surface area (Å²) >= 11 is 1.75. The Morgan fingerprint density at radius 3 is 2.52 bits per heavy atom. The molecule has 3 aromatic rings. The van der Waals surface area contributed by atoms with Crippen molar-refractivity contribution < 1.29 is 9.84 Å². The molecule has 0 atom stereocenters. The minimum Gasteiger partial charge on any atom is -0.497 e. The zero-order chi connectivity index (χ0) is 17.9. The Balaban J connectivity index is 0.00000210. The number of fused-ring (bicyclic) bond motifs is 1. The maximum absolute atomic E-state index is 9.14. The van der Waals surface area contributed by atoms with E-state index < -0.39 is 0 Å². The number of pyridine rings is 1. The molecule has 27 heavy (non-hydrogen) atoms. The number of hydrogen-bond acceptors (Lipinski definition) is 6. The van der Waals surface area contributed by atoms with E-state index >= 15 is 0 Å². The van der Waals surface area contributed by atoms with Crippen LogP contribution in [-0.4, -0.2) is 61.4 Å². The number of nitrogens with zero attached hydrogens (tertiary/aromatic N) is 3. The molecule has 1 N–H and O–H groups in total. The lowest BCUT2D eigenvalue weighted by molar-refractivity contribution is 0.188. The van der Waals surface area contributed by atoms with Gasteiger partial charge >= 0.3 is 0 Å². The molecule has 1 fully saturated rings. The van der Waals surface area contributed by atoms with Crippen molar-refractivity contribution in [2.45, 2.75) is 0 Å². The highest BCUT2D eigenvalue weighted by atomic mass is 35.5. The number of anilines is 1. The number of ether oxygens (including phenoxy) is 1. The number of halogens is 1. The lowest BCUT2D eigenvalue weighted by Crippen LogP contribution is -2.47. The first-order valence-electron chi connectivity index (χ1n) is 8.89. The van der Waals surface area contributed by atoms with E-state index in [2.05, 4.69) is 39.4 Å². The molecule has 0 bridgehead atoms. The lowest BCUT2D eigenvalue weighted by Gasteiger charge is -2.35. The van der Waals surface area contributed by atoms with Gasteiger partial charge in [0.2, 0.25) is 0 Å². The number of benzene rings is 1. The second kappa shape index (κ2) is 8.89. The highest BCUT2D eigenvalue weighted by molar-refractivity contribution is 7.17. The van der Waals surface area contributed by atoms with Crippen molar-refractivity contribution in [3.8, 4) is 17.0 Å². The quantitative estimate of drug-likeness (QED) is 0.703. The summed E-state index contributed by atoms with van der Waals surface area (Å²) in [7, 11) is 1.68. The van der Waals surface area contributed by atoms with Gasteiger partial charge in [-0.25, -0.2) is 4.98 Å². The number of β-amino-alcohol motifs (C(OH)–C–C–N with tert-alkyl or cyclic N) is 1. The van der Waals surface area contributed by atoms with Gasteiger partial charge in [-0.1, -0.05) is 0 Å². The van der Waals surface area contributed by atoms with Crippen molar-refractivity contribution in [3.63, 3.8) is 0 Å². The molecule has 0 unspecified atom stereocenters. The number of aliphatic hydroxyl groups excluding tert-OH is 1. The number of aromatic nitrogens is 1. The van der Waals surface area contributed by atoms with Crippen molar-refractivity contribution >= 4 is 39.6 Å². The van der Waals surface area contributed by atoms with Gasteiger partial charge in [0.15, 0.2) is 0 Å². The summed E-state index contributed by atoms with van der Waals surface area (Å²) < 4.78 is 6.51. The molecule has 1 aromatic carbocycles. The number of hydrogen-bond donors (Lipinski definition) is 1. The van der Waals surface area contributed by atoms with Crippen LogP contribution >= 0.6 is 23.7 Å². The zero-order valence-electron chi connectivity index (χ0n) is 15.3. The number of rotatable bonds is 5. The molecular formula is C20H24ClN3O2S. The molecule has 0 aliphatic carbocycles.